The van der Waals surface area contributed by atoms with E-state index in [2.05, 4.69) is 9.57 Å². The summed E-state index contributed by atoms with van der Waals surface area (Å²) in [6.07, 6.45) is -1.43. The number of nitrogens with zero attached hydrogens (tertiary/aromatic N) is 1. The van der Waals surface area contributed by atoms with Crippen molar-refractivity contribution in [3.63, 3.8) is 0 Å². The second-order valence-corrected chi connectivity index (χ2v) is 4.32. The molecule has 84 valence electrons. The van der Waals surface area contributed by atoms with Gasteiger partial charge in [-0.3, -0.25) is 4.84 Å². The van der Waals surface area contributed by atoms with Crippen molar-refractivity contribution in [2.45, 2.75) is 20.0 Å². The maximum Gasteiger partial charge on any atom is 0.422 e. The number of hydrogen-bond acceptors (Lipinski definition) is 5. The van der Waals surface area contributed by atoms with Crippen molar-refractivity contribution in [1.82, 2.24) is 9.19 Å². The molecule has 0 saturated heterocycles. The van der Waals surface area contributed by atoms with E-state index >= 15 is 0 Å². The van der Waals surface area contributed by atoms with Gasteiger partial charge in [-0.25, -0.2) is 9.52 Å². The van der Waals surface area contributed by atoms with Crippen LogP contribution in [-0.4, -0.2) is 39.2 Å². The van der Waals surface area contributed by atoms with Crippen molar-refractivity contribution in [3.05, 3.63) is 0 Å². The highest BCUT2D eigenvalue weighted by Crippen LogP contribution is 1.95. The van der Waals surface area contributed by atoms with E-state index in [0.717, 1.165) is 14.2 Å². The van der Waals surface area contributed by atoms with Gasteiger partial charge in [-0.05, 0) is 13.8 Å². The molecule has 1 N–H and O–H groups in total. The molecule has 0 spiro atoms. The molecule has 0 aliphatic heterocycles. The Morgan fingerprint density at radius 3 is 2.29 bits per heavy atom. The maximum atomic E-state index is 11.1. The minimum Gasteiger partial charge on any atom is -0.446 e. The van der Waals surface area contributed by atoms with E-state index in [1.165, 1.54) is 0 Å². The van der Waals surface area contributed by atoms with Gasteiger partial charge < -0.3 is 4.74 Å². The monoisotopic (exact) mass is 226 g/mol. The SMILES string of the molecule is CON(C)S(=O)(=O)NC(=O)OC(C)C. The zero-order valence-corrected chi connectivity index (χ0v) is 9.29. The largest absolute Gasteiger partial charge is 0.446 e. The third kappa shape index (κ3) is 4.40. The summed E-state index contributed by atoms with van der Waals surface area (Å²) in [6, 6.07) is 0. The fourth-order valence-electron chi connectivity index (χ4n) is 0.506. The Balaban J connectivity index is 4.31. The number of rotatable bonds is 4. The van der Waals surface area contributed by atoms with Crippen molar-refractivity contribution in [2.75, 3.05) is 14.2 Å². The Labute approximate surface area is 83.1 Å². The van der Waals surface area contributed by atoms with Crippen LogP contribution in [-0.2, 0) is 19.8 Å². The van der Waals surface area contributed by atoms with Crippen LogP contribution in [0.5, 0.6) is 0 Å². The van der Waals surface area contributed by atoms with Crippen molar-refractivity contribution in [1.29, 1.82) is 0 Å². The number of carbonyl (C=O) groups excluding carboxylic acids is 1. The summed E-state index contributed by atoms with van der Waals surface area (Å²) in [5, 5.41) is 0. The molecule has 0 radical (unpaired) electrons. The zero-order chi connectivity index (χ0) is 11.4. The lowest BCUT2D eigenvalue weighted by atomic mass is 10.5. The molecule has 0 unspecified atom stereocenters. The third-order valence-electron chi connectivity index (χ3n) is 1.15. The van der Waals surface area contributed by atoms with E-state index in [0.29, 0.717) is 4.47 Å². The third-order valence-corrected chi connectivity index (χ3v) is 2.40. The second-order valence-electron chi connectivity index (χ2n) is 2.65. The molecule has 0 rings (SSSR count). The van der Waals surface area contributed by atoms with Crippen molar-refractivity contribution >= 4 is 16.3 Å². The van der Waals surface area contributed by atoms with Crippen molar-refractivity contribution in [2.24, 2.45) is 0 Å². The lowest BCUT2D eigenvalue weighted by Crippen LogP contribution is -2.41. The molecule has 7 nitrogen and oxygen atoms in total. The van der Waals surface area contributed by atoms with Gasteiger partial charge in [0.05, 0.1) is 13.2 Å². The predicted octanol–water partition coefficient (Wildman–Crippen LogP) is -0.141. The first-order valence-electron chi connectivity index (χ1n) is 3.81. The maximum absolute atomic E-state index is 11.1. The summed E-state index contributed by atoms with van der Waals surface area (Å²) < 4.78 is 29.0. The first-order valence-corrected chi connectivity index (χ1v) is 5.25. The Hall–Kier alpha value is -0.860. The van der Waals surface area contributed by atoms with Crippen molar-refractivity contribution < 1.29 is 22.8 Å². The van der Waals surface area contributed by atoms with Crippen LogP contribution in [0.15, 0.2) is 0 Å². The molecule has 0 heterocycles. The van der Waals surface area contributed by atoms with Gasteiger partial charge in [0.15, 0.2) is 0 Å². The van der Waals surface area contributed by atoms with Crippen LogP contribution in [0.25, 0.3) is 0 Å². The van der Waals surface area contributed by atoms with E-state index in [1.54, 1.807) is 18.6 Å². The molecule has 0 aromatic heterocycles. The fourth-order valence-corrected chi connectivity index (χ4v) is 1.09. The molecule has 14 heavy (non-hydrogen) atoms. The van der Waals surface area contributed by atoms with Gasteiger partial charge in [-0.1, -0.05) is 4.47 Å². The van der Waals surface area contributed by atoms with Crippen LogP contribution in [0.2, 0.25) is 0 Å². The molecule has 0 aromatic rings. The smallest absolute Gasteiger partial charge is 0.422 e. The first-order chi connectivity index (χ1) is 6.29. The first kappa shape index (κ1) is 13.1. The molecule has 0 aliphatic carbocycles. The Bertz CT molecular complexity index is 287. The van der Waals surface area contributed by atoms with Gasteiger partial charge in [-0.15, -0.1) is 0 Å². The Morgan fingerprint density at radius 1 is 1.43 bits per heavy atom. The molecule has 0 saturated carbocycles. The number of nitrogens with one attached hydrogen (secondary N) is 1. The summed E-state index contributed by atoms with van der Waals surface area (Å²) in [5.74, 6) is 0. The van der Waals surface area contributed by atoms with Crippen LogP contribution in [0.1, 0.15) is 13.8 Å². The highest BCUT2D eigenvalue weighted by molar-refractivity contribution is 7.87. The molecule has 8 heteroatoms. The lowest BCUT2D eigenvalue weighted by Gasteiger charge is -2.15. The molecule has 0 fully saturated rings. The molecule has 1 amide bonds. The number of amides is 1. The summed E-state index contributed by atoms with van der Waals surface area (Å²) >= 11 is 0. The van der Waals surface area contributed by atoms with Gasteiger partial charge in [0.2, 0.25) is 0 Å². The van der Waals surface area contributed by atoms with Crippen LogP contribution in [0.4, 0.5) is 4.79 Å². The number of hydrogen-bond donors (Lipinski definition) is 1. The minimum absolute atomic E-state index is 0.391. The molecular formula is C6H14N2O5S. The van der Waals surface area contributed by atoms with Gasteiger partial charge in [0, 0.05) is 7.05 Å². The van der Waals surface area contributed by atoms with Gasteiger partial charge in [0.25, 0.3) is 0 Å². The van der Waals surface area contributed by atoms with Crippen LogP contribution in [0.3, 0.4) is 0 Å². The van der Waals surface area contributed by atoms with Crippen LogP contribution >= 0.6 is 0 Å². The van der Waals surface area contributed by atoms with E-state index in [9.17, 15) is 13.2 Å². The van der Waals surface area contributed by atoms with Gasteiger partial charge in [-0.2, -0.15) is 8.42 Å². The predicted molar refractivity (Wildman–Crippen MR) is 48.4 cm³/mol. The highest BCUT2D eigenvalue weighted by Gasteiger charge is 2.21. The molecule has 0 bridgehead atoms. The number of hydroxylamine groups is 1. The fraction of sp³-hybridized carbons (Fsp3) is 0.833. The summed E-state index contributed by atoms with van der Waals surface area (Å²) in [7, 11) is -1.67. The second kappa shape index (κ2) is 5.13. The average molecular weight is 226 g/mol. The minimum atomic E-state index is -3.97. The topological polar surface area (TPSA) is 84.9 Å². The van der Waals surface area contributed by atoms with E-state index in [1.807, 2.05) is 0 Å². The normalized spacial score (nSPS) is 11.9. The standard InChI is InChI=1S/C6H14N2O5S/c1-5(2)13-6(9)7-14(10,11)8(3)12-4/h5H,1-4H3,(H,7,9). The van der Waals surface area contributed by atoms with Crippen molar-refractivity contribution in [3.8, 4) is 0 Å². The lowest BCUT2D eigenvalue weighted by molar-refractivity contribution is -0.0271. The number of carbonyl (C=O) groups is 1. The zero-order valence-electron chi connectivity index (χ0n) is 8.47. The van der Waals surface area contributed by atoms with Gasteiger partial charge >= 0.3 is 16.3 Å². The molecule has 0 aromatic carbocycles. The highest BCUT2D eigenvalue weighted by atomic mass is 32.2. The summed E-state index contributed by atoms with van der Waals surface area (Å²) in [5.41, 5.74) is 0. The van der Waals surface area contributed by atoms with Crippen LogP contribution in [0, 0.1) is 0 Å². The summed E-state index contributed by atoms with van der Waals surface area (Å²) in [6.45, 7) is 3.21. The van der Waals surface area contributed by atoms with Gasteiger partial charge in [0.1, 0.15) is 0 Å². The average Bonchev–Trinajstić information content (AvgIpc) is 1.99. The van der Waals surface area contributed by atoms with E-state index in [4.69, 9.17) is 0 Å². The summed E-state index contributed by atoms with van der Waals surface area (Å²) in [4.78, 5) is 15.3. The molecular weight excluding hydrogens is 212 g/mol. The number of ether oxygens (including phenoxy) is 1. The Morgan fingerprint density at radius 2 is 1.93 bits per heavy atom. The van der Waals surface area contributed by atoms with E-state index < -0.39 is 22.4 Å². The molecule has 0 atom stereocenters. The van der Waals surface area contributed by atoms with Crippen LogP contribution < -0.4 is 4.72 Å². The Kier molecular flexibility index (Phi) is 4.81. The molecule has 0 aliphatic rings. The quantitative estimate of drug-likeness (QED) is 0.674. The van der Waals surface area contributed by atoms with E-state index in [-0.39, 0.29) is 0 Å².